The van der Waals surface area contributed by atoms with Crippen LogP contribution in [-0.4, -0.2) is 35.7 Å². The lowest BCUT2D eigenvalue weighted by molar-refractivity contribution is 0.0693. The molecule has 0 amide bonds. The van der Waals surface area contributed by atoms with Crippen molar-refractivity contribution in [2.24, 2.45) is 12.1 Å². The largest absolute Gasteiger partial charge is 0.477 e. The zero-order valence-corrected chi connectivity index (χ0v) is 17.4. The number of carbonyl (C=O) groups is 1. The highest BCUT2D eigenvalue weighted by molar-refractivity contribution is 5.99. The molecule has 1 aliphatic heterocycles. The van der Waals surface area contributed by atoms with Crippen molar-refractivity contribution < 1.29 is 9.90 Å². The SMILES string of the molecule is Cc1c(NN=C2CCC(C)n3c2ncc(C(=O)O)c3=O)c(=O)n(-c2ccccc2)n1C. The molecule has 1 aromatic carbocycles. The highest BCUT2D eigenvalue weighted by Crippen LogP contribution is 2.22. The number of anilines is 1. The second-order valence-electron chi connectivity index (χ2n) is 7.47. The van der Waals surface area contributed by atoms with Crippen LogP contribution in [0.4, 0.5) is 5.69 Å². The number of nitrogens with one attached hydrogen (secondary N) is 1. The normalized spacial score (nSPS) is 16.9. The number of hydrogen-bond acceptors (Lipinski definition) is 6. The van der Waals surface area contributed by atoms with Gasteiger partial charge in [-0.1, -0.05) is 18.2 Å². The van der Waals surface area contributed by atoms with Gasteiger partial charge in [-0.15, -0.1) is 0 Å². The molecule has 0 saturated heterocycles. The Labute approximate surface area is 177 Å². The molecule has 1 aliphatic rings. The highest BCUT2D eigenvalue weighted by Gasteiger charge is 2.27. The van der Waals surface area contributed by atoms with E-state index in [2.05, 4.69) is 15.5 Å². The molecule has 0 bridgehead atoms. The van der Waals surface area contributed by atoms with Gasteiger partial charge in [-0.2, -0.15) is 5.10 Å². The van der Waals surface area contributed by atoms with Gasteiger partial charge in [0.15, 0.2) is 5.82 Å². The monoisotopic (exact) mass is 422 g/mol. The molecule has 160 valence electrons. The summed E-state index contributed by atoms with van der Waals surface area (Å²) in [6.45, 7) is 3.64. The van der Waals surface area contributed by atoms with Crippen LogP contribution in [0, 0.1) is 6.92 Å². The molecule has 0 saturated carbocycles. The van der Waals surface area contributed by atoms with E-state index in [1.165, 1.54) is 9.25 Å². The smallest absolute Gasteiger partial charge is 0.342 e. The number of carboxylic acid groups (broad SMARTS) is 1. The minimum Gasteiger partial charge on any atom is -0.477 e. The average Bonchev–Trinajstić information content (AvgIpc) is 2.96. The quantitative estimate of drug-likeness (QED) is 0.619. The van der Waals surface area contributed by atoms with Gasteiger partial charge in [0.2, 0.25) is 0 Å². The number of para-hydroxylation sites is 1. The molecule has 31 heavy (non-hydrogen) atoms. The Balaban J connectivity index is 1.76. The number of nitrogens with zero attached hydrogens (tertiary/aromatic N) is 5. The maximum Gasteiger partial charge on any atom is 0.342 e. The molecule has 1 atom stereocenters. The van der Waals surface area contributed by atoms with Crippen molar-refractivity contribution in [1.82, 2.24) is 18.9 Å². The van der Waals surface area contributed by atoms with E-state index in [1.54, 1.807) is 11.7 Å². The van der Waals surface area contributed by atoms with Crippen LogP contribution in [0.25, 0.3) is 5.69 Å². The van der Waals surface area contributed by atoms with Crippen molar-refractivity contribution >= 4 is 17.4 Å². The lowest BCUT2D eigenvalue weighted by Crippen LogP contribution is -2.37. The van der Waals surface area contributed by atoms with Gasteiger partial charge < -0.3 is 5.11 Å². The molecule has 3 aromatic rings. The number of aromatic carboxylic acids is 1. The molecule has 0 spiro atoms. The first-order chi connectivity index (χ1) is 14.8. The Kier molecular flexibility index (Phi) is 5.05. The first kappa shape index (κ1) is 20.3. The van der Waals surface area contributed by atoms with Crippen molar-refractivity contribution in [1.29, 1.82) is 0 Å². The van der Waals surface area contributed by atoms with Crippen molar-refractivity contribution in [3.05, 3.63) is 74.3 Å². The van der Waals surface area contributed by atoms with Crippen LogP contribution in [0.15, 0.2) is 51.2 Å². The van der Waals surface area contributed by atoms with E-state index in [9.17, 15) is 19.5 Å². The number of hydrogen-bond donors (Lipinski definition) is 2. The number of carboxylic acids is 1. The molecule has 3 heterocycles. The predicted molar refractivity (Wildman–Crippen MR) is 115 cm³/mol. The summed E-state index contributed by atoms with van der Waals surface area (Å²) in [5, 5.41) is 13.6. The van der Waals surface area contributed by atoms with E-state index >= 15 is 0 Å². The van der Waals surface area contributed by atoms with E-state index in [0.717, 1.165) is 11.9 Å². The number of fused-ring (bicyclic) bond motifs is 1. The second kappa shape index (κ2) is 7.71. The first-order valence-corrected chi connectivity index (χ1v) is 9.83. The summed E-state index contributed by atoms with van der Waals surface area (Å²) < 4.78 is 4.63. The summed E-state index contributed by atoms with van der Waals surface area (Å²) in [6.07, 6.45) is 2.19. The lowest BCUT2D eigenvalue weighted by Gasteiger charge is -2.25. The zero-order valence-electron chi connectivity index (χ0n) is 17.4. The summed E-state index contributed by atoms with van der Waals surface area (Å²) in [5.41, 5.74) is 3.82. The first-order valence-electron chi connectivity index (χ1n) is 9.83. The van der Waals surface area contributed by atoms with Gasteiger partial charge in [-0.25, -0.2) is 14.5 Å². The zero-order chi connectivity index (χ0) is 22.3. The standard InChI is InChI=1S/C21H22N6O4/c1-12-9-10-16(18-22-11-15(21(30)31)19(28)26(12)18)23-24-17-13(2)25(3)27(20(17)29)14-7-5-4-6-8-14/h4-8,11-12,24H,9-10H2,1-3H3,(H,30,31). The van der Waals surface area contributed by atoms with Crippen LogP contribution in [0.1, 0.15) is 47.7 Å². The van der Waals surface area contributed by atoms with Gasteiger partial charge in [-0.3, -0.25) is 24.3 Å². The van der Waals surface area contributed by atoms with Crippen LogP contribution in [0.3, 0.4) is 0 Å². The van der Waals surface area contributed by atoms with E-state index in [1.807, 2.05) is 44.2 Å². The molecule has 10 nitrogen and oxygen atoms in total. The Bertz CT molecular complexity index is 1320. The van der Waals surface area contributed by atoms with E-state index in [0.29, 0.717) is 35.8 Å². The summed E-state index contributed by atoms with van der Waals surface area (Å²) in [4.78, 5) is 41.1. The minimum atomic E-state index is -1.32. The van der Waals surface area contributed by atoms with Crippen molar-refractivity contribution in [3.63, 3.8) is 0 Å². The highest BCUT2D eigenvalue weighted by atomic mass is 16.4. The van der Waals surface area contributed by atoms with Crippen LogP contribution in [0.2, 0.25) is 0 Å². The van der Waals surface area contributed by atoms with E-state index in [4.69, 9.17) is 0 Å². The Morgan fingerprint density at radius 2 is 1.94 bits per heavy atom. The van der Waals surface area contributed by atoms with Gasteiger partial charge in [0.25, 0.3) is 11.1 Å². The molecule has 0 aliphatic carbocycles. The molecule has 4 rings (SSSR count). The average molecular weight is 422 g/mol. The Morgan fingerprint density at radius 3 is 2.61 bits per heavy atom. The molecule has 1 unspecified atom stereocenters. The number of hydrazone groups is 1. The lowest BCUT2D eigenvalue weighted by atomic mass is 10.0. The summed E-state index contributed by atoms with van der Waals surface area (Å²) in [7, 11) is 1.79. The van der Waals surface area contributed by atoms with Gasteiger partial charge in [0.05, 0.1) is 11.4 Å². The van der Waals surface area contributed by atoms with Crippen LogP contribution in [0.5, 0.6) is 0 Å². The third kappa shape index (κ3) is 3.35. The van der Waals surface area contributed by atoms with Crippen molar-refractivity contribution in [3.8, 4) is 5.69 Å². The van der Waals surface area contributed by atoms with Gasteiger partial charge >= 0.3 is 5.97 Å². The molecule has 2 N–H and O–H groups in total. The van der Waals surface area contributed by atoms with Gasteiger partial charge in [0, 0.05) is 19.3 Å². The van der Waals surface area contributed by atoms with Gasteiger partial charge in [0.1, 0.15) is 17.0 Å². The molecule has 2 aromatic heterocycles. The Morgan fingerprint density at radius 1 is 1.23 bits per heavy atom. The maximum absolute atomic E-state index is 13.0. The molecular formula is C21H22N6O4. The van der Waals surface area contributed by atoms with Crippen LogP contribution in [-0.2, 0) is 7.05 Å². The predicted octanol–water partition coefficient (Wildman–Crippen LogP) is 1.91. The summed E-state index contributed by atoms with van der Waals surface area (Å²) in [5.74, 6) is -1.01. The van der Waals surface area contributed by atoms with E-state index in [-0.39, 0.29) is 17.2 Å². The third-order valence-corrected chi connectivity index (χ3v) is 5.58. The minimum absolute atomic E-state index is 0.206. The fourth-order valence-electron chi connectivity index (χ4n) is 3.75. The van der Waals surface area contributed by atoms with Crippen LogP contribution < -0.4 is 16.5 Å². The Hall–Kier alpha value is -3.95. The topological polar surface area (TPSA) is 124 Å². The number of benzene rings is 1. The third-order valence-electron chi connectivity index (χ3n) is 5.58. The fourth-order valence-corrected chi connectivity index (χ4v) is 3.75. The molecule has 10 heteroatoms. The second-order valence-corrected chi connectivity index (χ2v) is 7.47. The van der Waals surface area contributed by atoms with E-state index < -0.39 is 11.5 Å². The van der Waals surface area contributed by atoms with Crippen molar-refractivity contribution in [2.45, 2.75) is 32.7 Å². The number of rotatable bonds is 4. The molecular weight excluding hydrogens is 400 g/mol. The summed E-state index contributed by atoms with van der Waals surface area (Å²) >= 11 is 0. The van der Waals surface area contributed by atoms with Gasteiger partial charge in [-0.05, 0) is 38.8 Å². The maximum atomic E-state index is 13.0. The van der Waals surface area contributed by atoms with Crippen molar-refractivity contribution in [2.75, 3.05) is 5.43 Å². The van der Waals surface area contributed by atoms with Crippen LogP contribution >= 0.6 is 0 Å². The summed E-state index contributed by atoms with van der Waals surface area (Å²) in [6, 6.07) is 9.06. The fraction of sp³-hybridized carbons (Fsp3) is 0.286. The molecule has 0 radical (unpaired) electrons. The number of aromatic nitrogens is 4. The molecule has 0 fully saturated rings.